The molecule has 1 saturated carbocycles. The highest BCUT2D eigenvalue weighted by Crippen LogP contribution is 2.51. The van der Waals surface area contributed by atoms with E-state index in [-0.39, 0.29) is 18.4 Å². The fourth-order valence-corrected chi connectivity index (χ4v) is 2.91. The first-order chi connectivity index (χ1) is 9.47. The molecule has 1 aromatic carbocycles. The Labute approximate surface area is 125 Å². The van der Waals surface area contributed by atoms with E-state index in [1.807, 2.05) is 12.1 Å². The van der Waals surface area contributed by atoms with Crippen LogP contribution in [0, 0.1) is 5.92 Å². The zero-order valence-corrected chi connectivity index (χ0v) is 12.9. The number of hydroxylamine groups is 2. The van der Waals surface area contributed by atoms with Crippen LogP contribution in [0.15, 0.2) is 16.6 Å². The zero-order chi connectivity index (χ0) is 14.9. The SMILES string of the molecule is COc1cc(Br)c(C2CC2CN(O)C(N)=O)cc1OC. The van der Waals surface area contributed by atoms with Crippen LogP contribution in [0.3, 0.4) is 0 Å². The fraction of sp³-hybridized carbons (Fsp3) is 0.462. The van der Waals surface area contributed by atoms with Crippen LogP contribution in [0.2, 0.25) is 0 Å². The third kappa shape index (κ3) is 2.99. The molecule has 3 N–H and O–H groups in total. The minimum atomic E-state index is -0.831. The summed E-state index contributed by atoms with van der Waals surface area (Å²) in [5.41, 5.74) is 6.08. The average Bonchev–Trinajstić information content (AvgIpc) is 3.17. The number of amides is 2. The van der Waals surface area contributed by atoms with Crippen molar-refractivity contribution in [3.05, 3.63) is 22.2 Å². The Bertz CT molecular complexity index is 523. The first-order valence-electron chi connectivity index (χ1n) is 6.15. The van der Waals surface area contributed by atoms with Gasteiger partial charge in [0.1, 0.15) is 0 Å². The van der Waals surface area contributed by atoms with E-state index in [0.717, 1.165) is 16.5 Å². The van der Waals surface area contributed by atoms with Crippen LogP contribution in [-0.2, 0) is 0 Å². The number of carbonyl (C=O) groups excluding carboxylic acids is 1. The first-order valence-corrected chi connectivity index (χ1v) is 6.94. The smallest absolute Gasteiger partial charge is 0.338 e. The topological polar surface area (TPSA) is 85.0 Å². The molecule has 110 valence electrons. The van der Waals surface area contributed by atoms with Gasteiger partial charge in [-0.15, -0.1) is 0 Å². The minimum Gasteiger partial charge on any atom is -0.493 e. The number of carbonyl (C=O) groups is 1. The number of benzene rings is 1. The van der Waals surface area contributed by atoms with Crippen LogP contribution in [-0.4, -0.2) is 37.1 Å². The highest BCUT2D eigenvalue weighted by atomic mass is 79.9. The van der Waals surface area contributed by atoms with Crippen molar-refractivity contribution in [3.63, 3.8) is 0 Å². The molecule has 2 atom stereocenters. The molecule has 0 aromatic heterocycles. The second-order valence-electron chi connectivity index (χ2n) is 4.75. The zero-order valence-electron chi connectivity index (χ0n) is 11.3. The summed E-state index contributed by atoms with van der Waals surface area (Å²) in [5, 5.41) is 9.91. The van der Waals surface area contributed by atoms with Gasteiger partial charge in [-0.05, 0) is 36.0 Å². The van der Waals surface area contributed by atoms with Gasteiger partial charge in [-0.1, -0.05) is 15.9 Å². The van der Waals surface area contributed by atoms with Gasteiger partial charge in [0, 0.05) is 4.47 Å². The summed E-state index contributed by atoms with van der Waals surface area (Å²) < 4.78 is 11.4. The molecule has 6 nitrogen and oxygen atoms in total. The molecule has 0 spiro atoms. The summed E-state index contributed by atoms with van der Waals surface area (Å²) in [6.45, 7) is 0.237. The molecule has 7 heteroatoms. The Morgan fingerprint density at radius 1 is 1.45 bits per heavy atom. The average molecular weight is 345 g/mol. The molecule has 0 bridgehead atoms. The van der Waals surface area contributed by atoms with Gasteiger partial charge in [0.15, 0.2) is 11.5 Å². The van der Waals surface area contributed by atoms with Gasteiger partial charge in [-0.2, -0.15) is 0 Å². The molecule has 0 radical (unpaired) electrons. The summed E-state index contributed by atoms with van der Waals surface area (Å²) in [6.07, 6.45) is 0.887. The predicted molar refractivity (Wildman–Crippen MR) is 76.2 cm³/mol. The molecule has 0 aliphatic heterocycles. The van der Waals surface area contributed by atoms with Gasteiger partial charge >= 0.3 is 6.03 Å². The molecular formula is C13H17BrN2O4. The lowest BCUT2D eigenvalue weighted by molar-refractivity contribution is -0.0431. The largest absolute Gasteiger partial charge is 0.493 e. The number of rotatable bonds is 5. The van der Waals surface area contributed by atoms with E-state index in [2.05, 4.69) is 15.9 Å². The van der Waals surface area contributed by atoms with Crippen LogP contribution in [0.5, 0.6) is 11.5 Å². The number of hydrogen-bond acceptors (Lipinski definition) is 4. The van der Waals surface area contributed by atoms with E-state index in [1.54, 1.807) is 14.2 Å². The molecule has 1 aromatic rings. The highest BCUT2D eigenvalue weighted by Gasteiger charge is 2.41. The Morgan fingerprint density at radius 2 is 2.05 bits per heavy atom. The van der Waals surface area contributed by atoms with Gasteiger partial charge in [0.05, 0.1) is 20.8 Å². The van der Waals surface area contributed by atoms with Crippen LogP contribution < -0.4 is 15.2 Å². The van der Waals surface area contributed by atoms with Crippen LogP contribution in [0.4, 0.5) is 4.79 Å². The molecule has 1 aliphatic rings. The summed E-state index contributed by atoms with van der Waals surface area (Å²) in [6, 6.07) is 2.94. The Morgan fingerprint density at radius 3 is 2.60 bits per heavy atom. The maximum absolute atomic E-state index is 10.8. The van der Waals surface area contributed by atoms with Gasteiger partial charge < -0.3 is 15.2 Å². The lowest BCUT2D eigenvalue weighted by Crippen LogP contribution is -2.34. The van der Waals surface area contributed by atoms with Crippen molar-refractivity contribution in [3.8, 4) is 11.5 Å². The molecule has 0 heterocycles. The van der Waals surface area contributed by atoms with Crippen molar-refractivity contribution >= 4 is 22.0 Å². The van der Waals surface area contributed by atoms with Crippen LogP contribution >= 0.6 is 15.9 Å². The lowest BCUT2D eigenvalue weighted by Gasteiger charge is -2.13. The van der Waals surface area contributed by atoms with Crippen LogP contribution in [0.25, 0.3) is 0 Å². The van der Waals surface area contributed by atoms with E-state index >= 15 is 0 Å². The molecule has 2 unspecified atom stereocenters. The summed E-state index contributed by atoms with van der Waals surface area (Å²) in [5.74, 6) is 1.77. The molecule has 0 saturated heterocycles. The van der Waals surface area contributed by atoms with Crippen molar-refractivity contribution < 1.29 is 19.5 Å². The lowest BCUT2D eigenvalue weighted by atomic mass is 10.1. The first kappa shape index (κ1) is 14.9. The molecule has 2 amide bonds. The number of ether oxygens (including phenoxy) is 2. The summed E-state index contributed by atoms with van der Waals surface area (Å²) in [4.78, 5) is 10.8. The maximum atomic E-state index is 10.8. The minimum absolute atomic E-state index is 0.196. The van der Waals surface area contributed by atoms with Crippen LogP contribution in [0.1, 0.15) is 17.9 Å². The van der Waals surface area contributed by atoms with Crippen molar-refractivity contribution in [2.75, 3.05) is 20.8 Å². The Hall–Kier alpha value is -1.47. The van der Waals surface area contributed by atoms with Crippen molar-refractivity contribution in [1.82, 2.24) is 5.06 Å². The predicted octanol–water partition coefficient (Wildman–Crippen LogP) is 2.34. The molecular weight excluding hydrogens is 328 g/mol. The van der Waals surface area contributed by atoms with E-state index < -0.39 is 6.03 Å². The standard InChI is InChI=1S/C13H17BrN2O4/c1-19-11-4-9(10(14)5-12(11)20-2)8-3-7(8)6-16(18)13(15)17/h4-5,7-8,18H,3,6H2,1-2H3,(H2,15,17). The van der Waals surface area contributed by atoms with Gasteiger partial charge in [-0.25, -0.2) is 9.86 Å². The number of nitrogens with zero attached hydrogens (tertiary/aromatic N) is 1. The number of methoxy groups -OCH3 is 2. The summed E-state index contributed by atoms with van der Waals surface area (Å²) in [7, 11) is 3.17. The van der Waals surface area contributed by atoms with E-state index in [0.29, 0.717) is 16.6 Å². The molecule has 1 aliphatic carbocycles. The van der Waals surface area contributed by atoms with Crippen molar-refractivity contribution in [1.29, 1.82) is 0 Å². The van der Waals surface area contributed by atoms with E-state index in [4.69, 9.17) is 15.2 Å². The monoisotopic (exact) mass is 344 g/mol. The fourth-order valence-electron chi connectivity index (χ4n) is 2.30. The normalized spacial score (nSPS) is 20.4. The second-order valence-corrected chi connectivity index (χ2v) is 5.61. The van der Waals surface area contributed by atoms with Gasteiger partial charge in [-0.3, -0.25) is 5.21 Å². The number of urea groups is 1. The number of halogens is 1. The number of hydrogen-bond donors (Lipinski definition) is 2. The molecule has 20 heavy (non-hydrogen) atoms. The van der Waals surface area contributed by atoms with Crippen molar-refractivity contribution in [2.45, 2.75) is 12.3 Å². The maximum Gasteiger partial charge on any atom is 0.338 e. The Kier molecular flexibility index (Phi) is 4.39. The molecule has 2 rings (SSSR count). The number of nitrogens with two attached hydrogens (primary N) is 1. The molecule has 1 fully saturated rings. The van der Waals surface area contributed by atoms with Gasteiger partial charge in [0.25, 0.3) is 0 Å². The third-order valence-corrected chi connectivity index (χ3v) is 4.17. The second kappa shape index (κ2) is 5.88. The highest BCUT2D eigenvalue weighted by molar-refractivity contribution is 9.10. The van der Waals surface area contributed by atoms with E-state index in [9.17, 15) is 10.0 Å². The third-order valence-electron chi connectivity index (χ3n) is 3.49. The Balaban J connectivity index is 2.13. The summed E-state index contributed by atoms with van der Waals surface area (Å²) >= 11 is 3.51. The number of primary amides is 1. The van der Waals surface area contributed by atoms with Crippen molar-refractivity contribution in [2.24, 2.45) is 11.7 Å². The van der Waals surface area contributed by atoms with Gasteiger partial charge in [0.2, 0.25) is 0 Å². The quantitative estimate of drug-likeness (QED) is 0.634. The van der Waals surface area contributed by atoms with E-state index in [1.165, 1.54) is 0 Å².